The highest BCUT2D eigenvalue weighted by atomic mass is 16.5. The Kier molecular flexibility index (Phi) is 2.65. The van der Waals surface area contributed by atoms with Crippen molar-refractivity contribution in [3.05, 3.63) is 0 Å². The number of rotatable bonds is 2. The van der Waals surface area contributed by atoms with Crippen molar-refractivity contribution in [1.29, 1.82) is 0 Å². The minimum absolute atomic E-state index is 0.0631. The Morgan fingerprint density at radius 3 is 2.92 bits per heavy atom. The average molecular weight is 173 g/mol. The molecule has 1 atom stereocenters. The molecule has 0 radical (unpaired) electrons. The van der Waals surface area contributed by atoms with Gasteiger partial charge in [-0.3, -0.25) is 9.59 Å². The summed E-state index contributed by atoms with van der Waals surface area (Å²) in [6.07, 6.45) is -0.529. The summed E-state index contributed by atoms with van der Waals surface area (Å²) >= 11 is 0. The molecule has 0 aliphatic carbocycles. The molecule has 1 fully saturated rings. The molecule has 0 aromatic carbocycles. The number of amides is 1. The van der Waals surface area contributed by atoms with Crippen LogP contribution in [0.2, 0.25) is 0 Å². The zero-order valence-electron chi connectivity index (χ0n) is 6.82. The van der Waals surface area contributed by atoms with Crippen LogP contribution in [0.1, 0.15) is 6.42 Å². The van der Waals surface area contributed by atoms with E-state index in [-0.39, 0.29) is 25.4 Å². The van der Waals surface area contributed by atoms with Gasteiger partial charge in [0.05, 0.1) is 19.6 Å². The fourth-order valence-electron chi connectivity index (χ4n) is 1.12. The molecule has 68 valence electrons. The van der Waals surface area contributed by atoms with E-state index in [1.807, 2.05) is 0 Å². The van der Waals surface area contributed by atoms with Gasteiger partial charge in [-0.15, -0.1) is 0 Å². The van der Waals surface area contributed by atoms with Gasteiger partial charge in [-0.25, -0.2) is 0 Å². The molecule has 0 aromatic heterocycles. The summed E-state index contributed by atoms with van der Waals surface area (Å²) in [5, 5.41) is 9.04. The molecule has 1 amide bonds. The molecule has 1 rings (SSSR count). The summed E-state index contributed by atoms with van der Waals surface area (Å²) < 4.78 is 4.38. The van der Waals surface area contributed by atoms with Crippen molar-refractivity contribution in [1.82, 2.24) is 4.90 Å². The van der Waals surface area contributed by atoms with Crippen molar-refractivity contribution in [2.45, 2.75) is 12.5 Å². The van der Waals surface area contributed by atoms with Gasteiger partial charge in [-0.1, -0.05) is 0 Å². The van der Waals surface area contributed by atoms with Crippen LogP contribution in [0, 0.1) is 0 Å². The number of nitrogens with zero attached hydrogens (tertiary/aromatic N) is 1. The molecule has 5 heteroatoms. The van der Waals surface area contributed by atoms with Gasteiger partial charge in [-0.2, -0.15) is 0 Å². The van der Waals surface area contributed by atoms with Crippen molar-refractivity contribution in [3.63, 3.8) is 0 Å². The lowest BCUT2D eigenvalue weighted by atomic mass is 10.3. The molecular formula is C7H11NO4. The first-order valence-electron chi connectivity index (χ1n) is 3.66. The first-order chi connectivity index (χ1) is 5.63. The van der Waals surface area contributed by atoms with Crippen LogP contribution in [0.15, 0.2) is 0 Å². The Labute approximate surface area is 69.9 Å². The topological polar surface area (TPSA) is 66.8 Å². The number of carbonyl (C=O) groups excluding carboxylic acids is 2. The molecule has 1 heterocycles. The predicted molar refractivity (Wildman–Crippen MR) is 39.2 cm³/mol. The van der Waals surface area contributed by atoms with Crippen LogP contribution in [0.25, 0.3) is 0 Å². The predicted octanol–water partition coefficient (Wildman–Crippen LogP) is -1.25. The summed E-state index contributed by atoms with van der Waals surface area (Å²) in [5.41, 5.74) is 0. The number of hydrogen-bond acceptors (Lipinski definition) is 4. The second-order valence-corrected chi connectivity index (χ2v) is 2.71. The highest BCUT2D eigenvalue weighted by Crippen LogP contribution is 2.09. The molecule has 1 aliphatic rings. The number of esters is 1. The van der Waals surface area contributed by atoms with E-state index in [9.17, 15) is 9.59 Å². The van der Waals surface area contributed by atoms with E-state index in [2.05, 4.69) is 4.74 Å². The molecule has 1 N–H and O–H groups in total. The minimum atomic E-state index is -0.637. The first-order valence-corrected chi connectivity index (χ1v) is 3.66. The number of ether oxygens (including phenoxy) is 1. The highest BCUT2D eigenvalue weighted by molar-refractivity contribution is 5.83. The maximum Gasteiger partial charge on any atom is 0.325 e. The van der Waals surface area contributed by atoms with Crippen LogP contribution in [0.5, 0.6) is 0 Å². The molecule has 0 bridgehead atoms. The van der Waals surface area contributed by atoms with Gasteiger partial charge in [0.1, 0.15) is 6.54 Å². The van der Waals surface area contributed by atoms with Crippen LogP contribution in [0.3, 0.4) is 0 Å². The summed E-state index contributed by atoms with van der Waals surface area (Å²) in [6, 6.07) is 0. The number of hydrogen-bond donors (Lipinski definition) is 1. The molecule has 1 saturated heterocycles. The number of aliphatic hydroxyl groups is 1. The molecule has 12 heavy (non-hydrogen) atoms. The van der Waals surface area contributed by atoms with Crippen molar-refractivity contribution >= 4 is 11.9 Å². The van der Waals surface area contributed by atoms with E-state index in [4.69, 9.17) is 5.11 Å². The van der Waals surface area contributed by atoms with Crippen LogP contribution >= 0.6 is 0 Å². The van der Waals surface area contributed by atoms with Gasteiger partial charge in [0.2, 0.25) is 5.91 Å². The van der Waals surface area contributed by atoms with Gasteiger partial charge in [-0.05, 0) is 0 Å². The maximum absolute atomic E-state index is 11.0. The van der Waals surface area contributed by atoms with Crippen molar-refractivity contribution in [2.24, 2.45) is 0 Å². The maximum atomic E-state index is 11.0. The van der Waals surface area contributed by atoms with Gasteiger partial charge >= 0.3 is 5.97 Å². The third-order valence-electron chi connectivity index (χ3n) is 1.74. The van der Waals surface area contributed by atoms with Gasteiger partial charge in [0.15, 0.2) is 0 Å². The van der Waals surface area contributed by atoms with Crippen LogP contribution < -0.4 is 0 Å². The Bertz CT molecular complexity index is 204. The fourth-order valence-corrected chi connectivity index (χ4v) is 1.12. The van der Waals surface area contributed by atoms with E-state index >= 15 is 0 Å². The largest absolute Gasteiger partial charge is 0.468 e. The van der Waals surface area contributed by atoms with Gasteiger partial charge < -0.3 is 14.7 Å². The van der Waals surface area contributed by atoms with Crippen LogP contribution in [0.4, 0.5) is 0 Å². The summed E-state index contributed by atoms with van der Waals surface area (Å²) in [6.45, 7) is 0.167. The Hall–Kier alpha value is -1.10. The Morgan fingerprint density at radius 2 is 2.50 bits per heavy atom. The summed E-state index contributed by atoms with van der Waals surface area (Å²) in [5.74, 6) is -0.662. The highest BCUT2D eigenvalue weighted by Gasteiger charge is 2.29. The number of β-amino-alcohol motifs (C(OH)–C–C–N with tert-alkyl or cyclic N) is 1. The standard InChI is InChI=1S/C7H11NO4/c1-12-7(11)4-8-3-5(9)2-6(8)10/h5,9H,2-4H2,1H3. The third-order valence-corrected chi connectivity index (χ3v) is 1.74. The van der Waals surface area contributed by atoms with Gasteiger partial charge in [0.25, 0.3) is 0 Å². The fraction of sp³-hybridized carbons (Fsp3) is 0.714. The smallest absolute Gasteiger partial charge is 0.325 e. The van der Waals surface area contributed by atoms with E-state index in [0.29, 0.717) is 0 Å². The number of methoxy groups -OCH3 is 1. The quantitative estimate of drug-likeness (QED) is 0.530. The minimum Gasteiger partial charge on any atom is -0.468 e. The number of likely N-dealkylation sites (tertiary alicyclic amines) is 1. The lowest BCUT2D eigenvalue weighted by Crippen LogP contribution is -2.32. The zero-order chi connectivity index (χ0) is 9.14. The molecule has 0 aromatic rings. The molecule has 5 nitrogen and oxygen atoms in total. The van der Waals surface area contributed by atoms with Crippen molar-refractivity contribution < 1.29 is 19.4 Å². The SMILES string of the molecule is COC(=O)CN1CC(O)CC1=O. The van der Waals surface area contributed by atoms with E-state index in [0.717, 1.165) is 0 Å². The summed E-state index contributed by atoms with van der Waals surface area (Å²) in [7, 11) is 1.26. The Morgan fingerprint density at radius 1 is 1.83 bits per heavy atom. The normalized spacial score (nSPS) is 23.0. The van der Waals surface area contributed by atoms with E-state index in [1.54, 1.807) is 0 Å². The van der Waals surface area contributed by atoms with Crippen LogP contribution in [-0.2, 0) is 14.3 Å². The number of aliphatic hydroxyl groups excluding tert-OH is 1. The van der Waals surface area contributed by atoms with E-state index in [1.165, 1.54) is 12.0 Å². The van der Waals surface area contributed by atoms with Crippen molar-refractivity contribution in [3.8, 4) is 0 Å². The lowest BCUT2D eigenvalue weighted by molar-refractivity contribution is -0.145. The second kappa shape index (κ2) is 3.53. The monoisotopic (exact) mass is 173 g/mol. The average Bonchev–Trinajstić information content (AvgIpc) is 2.30. The molecular weight excluding hydrogens is 162 g/mol. The molecule has 0 saturated carbocycles. The number of carbonyl (C=O) groups is 2. The third kappa shape index (κ3) is 1.94. The molecule has 1 aliphatic heterocycles. The molecule has 0 spiro atoms. The van der Waals surface area contributed by atoms with Gasteiger partial charge in [0, 0.05) is 6.54 Å². The molecule has 1 unspecified atom stereocenters. The first kappa shape index (κ1) is 8.99. The van der Waals surface area contributed by atoms with Crippen molar-refractivity contribution in [2.75, 3.05) is 20.2 Å². The second-order valence-electron chi connectivity index (χ2n) is 2.71. The Balaban J connectivity index is 2.43. The zero-order valence-corrected chi connectivity index (χ0v) is 6.82. The van der Waals surface area contributed by atoms with E-state index < -0.39 is 12.1 Å². The lowest BCUT2D eigenvalue weighted by Gasteiger charge is -2.12. The summed E-state index contributed by atoms with van der Waals surface area (Å²) in [4.78, 5) is 23.0. The van der Waals surface area contributed by atoms with Crippen LogP contribution in [-0.4, -0.2) is 48.2 Å².